The Hall–Kier alpha value is -3.74. The van der Waals surface area contributed by atoms with E-state index in [9.17, 15) is 31.4 Å². The largest absolute Gasteiger partial charge is 0.506 e. The molecule has 0 heterocycles. The van der Waals surface area contributed by atoms with Gasteiger partial charge in [-0.05, 0) is 35.0 Å². The summed E-state index contributed by atoms with van der Waals surface area (Å²) < 4.78 is 59.2. The maximum atomic E-state index is 12.3. The van der Waals surface area contributed by atoms with E-state index in [1.54, 1.807) is 24.3 Å². The topological polar surface area (TPSA) is 163 Å². The second kappa shape index (κ2) is 7.75. The SMILES string of the molecule is O=NS(=O)(=O)c1cc(S(=O)(=O)O)cc2ccc(O)c(N=Nc3cccc4ccccc34)c12. The Balaban J connectivity index is 2.04. The number of phenolic OH excluding ortho intramolecular Hbond substituents is 1. The average Bonchev–Trinajstić information content (AvgIpc) is 2.77. The first-order valence-corrected chi connectivity index (χ1v) is 11.8. The van der Waals surface area contributed by atoms with E-state index in [0.29, 0.717) is 11.8 Å². The molecule has 4 rings (SSSR count). The number of hydrogen-bond acceptors (Lipinski definition) is 8. The molecule has 4 aromatic rings. The molecule has 0 atom stereocenters. The number of hydrogen-bond donors (Lipinski definition) is 2. The van der Waals surface area contributed by atoms with Gasteiger partial charge in [-0.1, -0.05) is 42.5 Å². The van der Waals surface area contributed by atoms with Crippen LogP contribution in [0.1, 0.15) is 0 Å². The van der Waals surface area contributed by atoms with Crippen molar-refractivity contribution in [1.82, 2.24) is 0 Å². The number of nitroso groups, excluding NO2 is 1. The van der Waals surface area contributed by atoms with E-state index < -0.39 is 35.7 Å². The Morgan fingerprint density at radius 3 is 2.22 bits per heavy atom. The van der Waals surface area contributed by atoms with Crippen LogP contribution in [-0.2, 0) is 20.1 Å². The van der Waals surface area contributed by atoms with E-state index in [-0.39, 0.29) is 16.5 Å². The zero-order valence-corrected chi connectivity index (χ0v) is 17.6. The van der Waals surface area contributed by atoms with E-state index >= 15 is 0 Å². The highest BCUT2D eigenvalue weighted by molar-refractivity contribution is 7.90. The van der Waals surface area contributed by atoms with Gasteiger partial charge >= 0.3 is 10.0 Å². The fourth-order valence-electron chi connectivity index (χ4n) is 3.26. The van der Waals surface area contributed by atoms with Gasteiger partial charge in [0.2, 0.25) is 0 Å². The van der Waals surface area contributed by atoms with Gasteiger partial charge in [0.05, 0.1) is 15.2 Å². The fraction of sp³-hybridized carbons (Fsp3) is 0. The minimum atomic E-state index is -4.88. The molecule has 4 aromatic carbocycles. The second-order valence-electron chi connectivity index (χ2n) is 6.68. The van der Waals surface area contributed by atoms with Gasteiger partial charge in [0.25, 0.3) is 10.1 Å². The quantitative estimate of drug-likeness (QED) is 0.239. The molecule has 0 aliphatic heterocycles. The third-order valence-electron chi connectivity index (χ3n) is 4.70. The van der Waals surface area contributed by atoms with Crippen LogP contribution in [0.15, 0.2) is 91.3 Å². The number of phenols is 1. The van der Waals surface area contributed by atoms with Gasteiger partial charge in [-0.2, -0.15) is 16.8 Å². The minimum Gasteiger partial charge on any atom is -0.506 e. The second-order valence-corrected chi connectivity index (χ2v) is 9.64. The zero-order valence-electron chi connectivity index (χ0n) is 15.9. The lowest BCUT2D eigenvalue weighted by atomic mass is 10.1. The van der Waals surface area contributed by atoms with Crippen LogP contribution in [0.3, 0.4) is 0 Å². The maximum absolute atomic E-state index is 12.3. The van der Waals surface area contributed by atoms with Crippen molar-refractivity contribution in [3.8, 4) is 5.75 Å². The van der Waals surface area contributed by atoms with E-state index in [1.165, 1.54) is 6.07 Å². The molecule has 0 unspecified atom stereocenters. The van der Waals surface area contributed by atoms with Gasteiger partial charge in [0.15, 0.2) is 0 Å². The summed E-state index contributed by atoms with van der Waals surface area (Å²) in [4.78, 5) is 9.37. The summed E-state index contributed by atoms with van der Waals surface area (Å²) in [5.41, 5.74) is 0.103. The molecule has 0 aliphatic carbocycles. The van der Waals surface area contributed by atoms with E-state index in [2.05, 4.69) is 14.8 Å². The standard InChI is InChI=1S/C20H13N3O7S2/c24-17-9-8-13-10-14(32(28,29)30)11-18(31(26,27)23-25)19(13)20(17)22-21-16-7-3-5-12-4-1-2-6-15(12)16/h1-11,24H,(H,28,29,30). The Kier molecular flexibility index (Phi) is 5.20. The fourth-order valence-corrected chi connectivity index (χ4v) is 4.71. The molecule has 0 spiro atoms. The van der Waals surface area contributed by atoms with E-state index in [0.717, 1.165) is 22.9 Å². The van der Waals surface area contributed by atoms with Crippen molar-refractivity contribution in [2.45, 2.75) is 9.79 Å². The molecule has 10 nitrogen and oxygen atoms in total. The van der Waals surface area contributed by atoms with Crippen LogP contribution in [0, 0.1) is 4.91 Å². The van der Waals surface area contributed by atoms with Crippen LogP contribution in [-0.4, -0.2) is 26.5 Å². The van der Waals surface area contributed by atoms with E-state index in [1.807, 2.05) is 18.2 Å². The molecule has 2 N–H and O–H groups in total. The monoisotopic (exact) mass is 471 g/mol. The van der Waals surface area contributed by atoms with Gasteiger partial charge in [0.1, 0.15) is 16.3 Å². The Morgan fingerprint density at radius 1 is 0.781 bits per heavy atom. The third-order valence-corrected chi connectivity index (χ3v) is 6.61. The number of aromatic hydroxyl groups is 1. The average molecular weight is 471 g/mol. The van der Waals surface area contributed by atoms with Crippen molar-refractivity contribution < 1.29 is 26.5 Å². The number of rotatable bonds is 5. The third kappa shape index (κ3) is 3.82. The van der Waals surface area contributed by atoms with Crippen molar-refractivity contribution in [3.63, 3.8) is 0 Å². The summed E-state index contributed by atoms with van der Waals surface area (Å²) in [6.45, 7) is 0. The first-order chi connectivity index (χ1) is 15.1. The van der Waals surface area contributed by atoms with Crippen molar-refractivity contribution in [1.29, 1.82) is 0 Å². The van der Waals surface area contributed by atoms with Crippen LogP contribution < -0.4 is 0 Å². The number of nitrogens with zero attached hydrogens (tertiary/aromatic N) is 3. The van der Waals surface area contributed by atoms with Crippen molar-refractivity contribution >= 4 is 53.1 Å². The highest BCUT2D eigenvalue weighted by Gasteiger charge is 2.26. The Labute approximate surface area is 181 Å². The van der Waals surface area contributed by atoms with Gasteiger partial charge in [-0.25, -0.2) is 0 Å². The highest BCUT2D eigenvalue weighted by Crippen LogP contribution is 2.41. The van der Waals surface area contributed by atoms with Crippen LogP contribution in [0.25, 0.3) is 21.5 Å². The molecule has 0 saturated carbocycles. The summed E-state index contributed by atoms with van der Waals surface area (Å²) in [5.74, 6) is -0.469. The van der Waals surface area contributed by atoms with Crippen LogP contribution in [0.2, 0.25) is 0 Å². The molecule has 12 heteroatoms. The molecular weight excluding hydrogens is 458 g/mol. The molecule has 0 radical (unpaired) electrons. The molecule has 0 amide bonds. The summed E-state index contributed by atoms with van der Waals surface area (Å²) in [6.07, 6.45) is 0. The van der Waals surface area contributed by atoms with Gasteiger partial charge in [-0.15, -0.1) is 15.1 Å². The summed E-state index contributed by atoms with van der Waals surface area (Å²) >= 11 is 0. The predicted octanol–water partition coefficient (Wildman–Crippen LogP) is 4.82. The van der Waals surface area contributed by atoms with E-state index in [4.69, 9.17) is 0 Å². The first kappa shape index (κ1) is 21.5. The van der Waals surface area contributed by atoms with Crippen LogP contribution >= 0.6 is 0 Å². The van der Waals surface area contributed by atoms with Gasteiger partial charge in [0, 0.05) is 10.8 Å². The molecular formula is C20H13N3O7S2. The smallest absolute Gasteiger partial charge is 0.317 e. The number of sulfonamides is 1. The lowest BCUT2D eigenvalue weighted by Crippen LogP contribution is -2.03. The predicted molar refractivity (Wildman–Crippen MR) is 117 cm³/mol. The molecule has 162 valence electrons. The number of fused-ring (bicyclic) bond motifs is 2. The lowest BCUT2D eigenvalue weighted by molar-refractivity contribution is 0.477. The minimum absolute atomic E-state index is 0.0352. The molecule has 0 fully saturated rings. The summed E-state index contributed by atoms with van der Waals surface area (Å²) in [6, 6.07) is 16.5. The number of azo groups is 1. The lowest BCUT2D eigenvalue weighted by Gasteiger charge is -2.10. The summed E-state index contributed by atoms with van der Waals surface area (Å²) in [7, 11) is -9.70. The van der Waals surface area contributed by atoms with Crippen LogP contribution in [0.4, 0.5) is 11.4 Å². The molecule has 0 saturated heterocycles. The van der Waals surface area contributed by atoms with Gasteiger partial charge in [-0.3, -0.25) is 4.55 Å². The molecule has 0 bridgehead atoms. The van der Waals surface area contributed by atoms with Crippen molar-refractivity contribution in [3.05, 3.63) is 71.6 Å². The van der Waals surface area contributed by atoms with Crippen molar-refractivity contribution in [2.75, 3.05) is 0 Å². The Bertz CT molecular complexity index is 1640. The maximum Gasteiger partial charge on any atom is 0.317 e. The highest BCUT2D eigenvalue weighted by atomic mass is 32.2. The molecule has 0 aliphatic rings. The molecule has 0 aromatic heterocycles. The first-order valence-electron chi connectivity index (χ1n) is 8.88. The summed E-state index contributed by atoms with van der Waals surface area (Å²) in [5, 5.41) is 19.8. The van der Waals surface area contributed by atoms with Crippen molar-refractivity contribution in [2.24, 2.45) is 14.8 Å². The number of benzene rings is 4. The molecule has 32 heavy (non-hydrogen) atoms. The Morgan fingerprint density at radius 2 is 1.50 bits per heavy atom. The van der Waals surface area contributed by atoms with Crippen LogP contribution in [0.5, 0.6) is 5.75 Å². The zero-order chi connectivity index (χ0) is 23.1. The normalized spacial score (nSPS) is 12.5. The van der Waals surface area contributed by atoms with Gasteiger partial charge < -0.3 is 5.11 Å².